The molecule has 1 saturated carbocycles. The summed E-state index contributed by atoms with van der Waals surface area (Å²) in [5, 5.41) is 3.44. The monoisotopic (exact) mass is 380 g/mol. The molecule has 1 N–H and O–H groups in total. The van der Waals surface area contributed by atoms with E-state index in [1.165, 1.54) is 0 Å². The minimum absolute atomic E-state index is 0.0517. The number of anilines is 1. The van der Waals surface area contributed by atoms with Crippen LogP contribution in [-0.4, -0.2) is 10.9 Å². The van der Waals surface area contributed by atoms with Gasteiger partial charge in [0, 0.05) is 16.6 Å². The molecule has 114 valence electrons. The quantitative estimate of drug-likeness (QED) is 0.834. The molecule has 6 heteroatoms. The van der Waals surface area contributed by atoms with Crippen LogP contribution in [0.25, 0.3) is 0 Å². The molecule has 22 heavy (non-hydrogen) atoms. The summed E-state index contributed by atoms with van der Waals surface area (Å²) in [7, 11) is 0. The van der Waals surface area contributed by atoms with E-state index in [0.717, 1.165) is 17.3 Å². The molecule has 3 rings (SSSR count). The first-order valence-electron chi connectivity index (χ1n) is 6.96. The minimum Gasteiger partial charge on any atom is -0.485 e. The summed E-state index contributed by atoms with van der Waals surface area (Å²) in [5.74, 6) is 0.809. The van der Waals surface area contributed by atoms with Gasteiger partial charge in [-0.05, 0) is 47.0 Å². The third-order valence-electron chi connectivity index (χ3n) is 3.34. The van der Waals surface area contributed by atoms with Crippen LogP contribution in [-0.2, 0) is 11.4 Å². The molecule has 0 spiro atoms. The van der Waals surface area contributed by atoms with Crippen molar-refractivity contribution in [1.29, 1.82) is 0 Å². The SMILES string of the molecule is O=C(Nc1ccccc1OCc1ncc(Br)cc1Cl)C1CC1. The number of nitrogens with one attached hydrogen (secondary N) is 1. The van der Waals surface area contributed by atoms with Gasteiger partial charge in [0.05, 0.1) is 16.4 Å². The molecule has 1 aliphatic rings. The Labute approximate surface area is 142 Å². The zero-order chi connectivity index (χ0) is 15.5. The Kier molecular flexibility index (Phi) is 4.64. The second kappa shape index (κ2) is 6.67. The van der Waals surface area contributed by atoms with Crippen LogP contribution in [0.5, 0.6) is 5.75 Å². The van der Waals surface area contributed by atoms with Crippen molar-refractivity contribution in [3.8, 4) is 5.75 Å². The van der Waals surface area contributed by atoms with Crippen molar-refractivity contribution in [2.75, 3.05) is 5.32 Å². The highest BCUT2D eigenvalue weighted by Crippen LogP contribution is 2.32. The van der Waals surface area contributed by atoms with E-state index in [1.807, 2.05) is 24.3 Å². The zero-order valence-electron chi connectivity index (χ0n) is 11.7. The molecule has 0 saturated heterocycles. The lowest BCUT2D eigenvalue weighted by Gasteiger charge is -2.12. The van der Waals surface area contributed by atoms with Crippen LogP contribution in [0.3, 0.4) is 0 Å². The summed E-state index contributed by atoms with van der Waals surface area (Å²) in [5.41, 5.74) is 1.32. The van der Waals surface area contributed by atoms with E-state index in [9.17, 15) is 4.79 Å². The van der Waals surface area contributed by atoms with Crippen LogP contribution in [0, 0.1) is 5.92 Å². The highest BCUT2D eigenvalue weighted by molar-refractivity contribution is 9.10. The standard InChI is InChI=1S/C16H14BrClN2O2/c17-11-7-12(18)14(19-8-11)9-22-15-4-2-1-3-13(15)20-16(21)10-5-6-10/h1-4,7-8,10H,5-6,9H2,(H,20,21). The van der Waals surface area contributed by atoms with Gasteiger partial charge in [0.2, 0.25) is 5.91 Å². The van der Waals surface area contributed by atoms with Crippen LogP contribution in [0.4, 0.5) is 5.69 Å². The number of hydrogen-bond acceptors (Lipinski definition) is 3. The highest BCUT2D eigenvalue weighted by atomic mass is 79.9. The van der Waals surface area contributed by atoms with Crippen molar-refractivity contribution in [3.63, 3.8) is 0 Å². The maximum absolute atomic E-state index is 11.9. The molecule has 4 nitrogen and oxygen atoms in total. The summed E-state index contributed by atoms with van der Waals surface area (Å²) in [6.45, 7) is 0.239. The average Bonchev–Trinajstić information content (AvgIpc) is 3.32. The maximum Gasteiger partial charge on any atom is 0.227 e. The van der Waals surface area contributed by atoms with Crippen molar-refractivity contribution in [2.24, 2.45) is 5.92 Å². The molecular weight excluding hydrogens is 368 g/mol. The van der Waals surface area contributed by atoms with Crippen molar-refractivity contribution in [3.05, 3.63) is 51.7 Å². The van der Waals surface area contributed by atoms with Crippen LogP contribution in [0.15, 0.2) is 41.0 Å². The molecule has 0 radical (unpaired) electrons. The molecule has 1 amide bonds. The number of hydrogen-bond donors (Lipinski definition) is 1. The van der Waals surface area contributed by atoms with Gasteiger partial charge in [-0.3, -0.25) is 9.78 Å². The number of carbonyl (C=O) groups is 1. The first kappa shape index (κ1) is 15.3. The number of benzene rings is 1. The topological polar surface area (TPSA) is 51.2 Å². The average molecular weight is 382 g/mol. The van der Waals surface area contributed by atoms with Gasteiger partial charge in [0.25, 0.3) is 0 Å². The van der Waals surface area contributed by atoms with Crippen molar-refractivity contribution in [2.45, 2.75) is 19.4 Å². The number of nitrogens with zero attached hydrogens (tertiary/aromatic N) is 1. The normalized spacial score (nSPS) is 13.7. The smallest absolute Gasteiger partial charge is 0.227 e. The fourth-order valence-electron chi connectivity index (χ4n) is 1.97. The highest BCUT2D eigenvalue weighted by Gasteiger charge is 2.30. The summed E-state index contributed by atoms with van der Waals surface area (Å²) in [6, 6.07) is 9.13. The number of halogens is 2. The lowest BCUT2D eigenvalue weighted by Crippen LogP contribution is -2.14. The third-order valence-corrected chi connectivity index (χ3v) is 4.10. The summed E-state index contributed by atoms with van der Waals surface area (Å²) >= 11 is 9.44. The molecule has 1 aliphatic carbocycles. The second-order valence-electron chi connectivity index (χ2n) is 5.13. The summed E-state index contributed by atoms with van der Waals surface area (Å²) in [4.78, 5) is 16.1. The Bertz CT molecular complexity index is 704. The molecular formula is C16H14BrClN2O2. The third kappa shape index (κ3) is 3.78. The minimum atomic E-state index is 0.0517. The molecule has 2 aromatic rings. The molecule has 0 atom stereocenters. The fourth-order valence-corrected chi connectivity index (χ4v) is 2.66. The number of amides is 1. The number of rotatable bonds is 5. The van der Waals surface area contributed by atoms with Crippen LogP contribution in [0.2, 0.25) is 5.02 Å². The number of ether oxygens (including phenoxy) is 1. The fraction of sp³-hybridized carbons (Fsp3) is 0.250. The van der Waals surface area contributed by atoms with E-state index in [1.54, 1.807) is 12.3 Å². The largest absolute Gasteiger partial charge is 0.485 e. The predicted molar refractivity (Wildman–Crippen MR) is 89.1 cm³/mol. The van der Waals surface area contributed by atoms with Gasteiger partial charge in [-0.1, -0.05) is 23.7 Å². The Hall–Kier alpha value is -1.59. The second-order valence-corrected chi connectivity index (χ2v) is 6.45. The number of aromatic nitrogens is 1. The van der Waals surface area contributed by atoms with Gasteiger partial charge in [-0.15, -0.1) is 0 Å². The Balaban J connectivity index is 1.70. The van der Waals surface area contributed by atoms with Gasteiger partial charge in [0.1, 0.15) is 12.4 Å². The summed E-state index contributed by atoms with van der Waals surface area (Å²) < 4.78 is 6.59. The Morgan fingerprint density at radius 3 is 2.91 bits per heavy atom. The van der Waals surface area contributed by atoms with Crippen LogP contribution in [0.1, 0.15) is 18.5 Å². The predicted octanol–water partition coefficient (Wildman–Crippen LogP) is 4.43. The zero-order valence-corrected chi connectivity index (χ0v) is 14.0. The number of pyridine rings is 1. The number of carbonyl (C=O) groups excluding carboxylic acids is 1. The van der Waals surface area contributed by atoms with Gasteiger partial charge < -0.3 is 10.1 Å². The maximum atomic E-state index is 11.9. The lowest BCUT2D eigenvalue weighted by atomic mass is 10.2. The van der Waals surface area contributed by atoms with Crippen molar-refractivity contribution in [1.82, 2.24) is 4.98 Å². The molecule has 1 fully saturated rings. The molecule has 1 aromatic heterocycles. The molecule has 0 aliphatic heterocycles. The molecule has 1 aromatic carbocycles. The Morgan fingerprint density at radius 1 is 1.41 bits per heavy atom. The first-order valence-corrected chi connectivity index (χ1v) is 8.13. The van der Waals surface area contributed by atoms with Gasteiger partial charge in [0.15, 0.2) is 0 Å². The molecule has 1 heterocycles. The molecule has 0 bridgehead atoms. The van der Waals surface area contributed by atoms with Crippen LogP contribution >= 0.6 is 27.5 Å². The van der Waals surface area contributed by atoms with Gasteiger partial charge in [-0.25, -0.2) is 0 Å². The molecule has 0 unspecified atom stereocenters. The first-order chi connectivity index (χ1) is 10.6. The van der Waals surface area contributed by atoms with Gasteiger partial charge >= 0.3 is 0 Å². The van der Waals surface area contributed by atoms with Crippen molar-refractivity contribution < 1.29 is 9.53 Å². The number of para-hydroxylation sites is 2. The van der Waals surface area contributed by atoms with Crippen molar-refractivity contribution >= 4 is 39.1 Å². The Morgan fingerprint density at radius 2 is 2.18 bits per heavy atom. The van der Waals surface area contributed by atoms with Gasteiger partial charge in [-0.2, -0.15) is 0 Å². The van der Waals surface area contributed by atoms with Crippen LogP contribution < -0.4 is 10.1 Å². The van der Waals surface area contributed by atoms with E-state index in [2.05, 4.69) is 26.2 Å². The van der Waals surface area contributed by atoms with E-state index in [-0.39, 0.29) is 18.4 Å². The summed E-state index contributed by atoms with van der Waals surface area (Å²) in [6.07, 6.45) is 3.60. The van der Waals surface area contributed by atoms with E-state index < -0.39 is 0 Å². The van der Waals surface area contributed by atoms with E-state index >= 15 is 0 Å². The van der Waals surface area contributed by atoms with E-state index in [0.29, 0.717) is 22.2 Å². The van der Waals surface area contributed by atoms with E-state index in [4.69, 9.17) is 16.3 Å². The lowest BCUT2D eigenvalue weighted by molar-refractivity contribution is -0.117.